The van der Waals surface area contributed by atoms with E-state index in [1.54, 1.807) is 19.2 Å². The Bertz CT molecular complexity index is 1110. The van der Waals surface area contributed by atoms with Gasteiger partial charge in [-0.3, -0.25) is 9.36 Å². The summed E-state index contributed by atoms with van der Waals surface area (Å²) in [5.74, 6) is 0.105. The molecule has 0 radical (unpaired) electrons. The molecule has 0 aromatic carbocycles. The summed E-state index contributed by atoms with van der Waals surface area (Å²) < 4.78 is 6.87. The van der Waals surface area contributed by atoms with Crippen molar-refractivity contribution >= 4 is 34.7 Å². The molecule has 7 nitrogen and oxygen atoms in total. The van der Waals surface area contributed by atoms with E-state index in [2.05, 4.69) is 29.2 Å². The number of H-pyrrole nitrogens is 1. The van der Waals surface area contributed by atoms with Crippen LogP contribution >= 0.6 is 11.3 Å². The molecule has 0 aliphatic carbocycles. The van der Waals surface area contributed by atoms with Gasteiger partial charge in [0.15, 0.2) is 5.57 Å². The van der Waals surface area contributed by atoms with Crippen LogP contribution in [0, 0.1) is 11.3 Å². The summed E-state index contributed by atoms with van der Waals surface area (Å²) >= 11 is 1.03. The lowest BCUT2D eigenvalue weighted by Gasteiger charge is -2.00. The molecule has 0 fully saturated rings. The van der Waals surface area contributed by atoms with Crippen LogP contribution in [-0.4, -0.2) is 27.1 Å². The van der Waals surface area contributed by atoms with Gasteiger partial charge in [-0.15, -0.1) is 11.3 Å². The van der Waals surface area contributed by atoms with E-state index < -0.39 is 5.97 Å². The molecule has 146 valence electrons. The zero-order valence-corrected chi connectivity index (χ0v) is 16.8. The zero-order valence-electron chi connectivity index (χ0n) is 15.9. The second kappa shape index (κ2) is 10.3. The van der Waals surface area contributed by atoms with Crippen LogP contribution in [0.3, 0.4) is 0 Å². The van der Waals surface area contributed by atoms with Crippen LogP contribution in [0.4, 0.5) is 0 Å². The summed E-state index contributed by atoms with van der Waals surface area (Å²) in [5, 5.41) is 9.39. The van der Waals surface area contributed by atoms with Gasteiger partial charge in [-0.1, -0.05) is 31.7 Å². The Kier molecular flexibility index (Phi) is 7.76. The number of hydrogen-bond acceptors (Lipinski definition) is 6. The highest BCUT2D eigenvalue weighted by Gasteiger charge is 2.16. The summed E-state index contributed by atoms with van der Waals surface area (Å²) in [4.78, 5) is 32.2. The molecule has 2 aromatic rings. The molecule has 0 bridgehead atoms. The molecule has 8 heteroatoms. The Hall–Kier alpha value is -3.14. The van der Waals surface area contributed by atoms with E-state index in [-0.39, 0.29) is 22.4 Å². The number of esters is 1. The topological polar surface area (TPSA) is 101 Å². The summed E-state index contributed by atoms with van der Waals surface area (Å²) in [7, 11) is 0. The lowest BCUT2D eigenvalue weighted by Crippen LogP contribution is -2.32. The molecule has 2 rings (SSSR count). The van der Waals surface area contributed by atoms with Crippen LogP contribution in [0.2, 0.25) is 0 Å². The molecule has 0 amide bonds. The van der Waals surface area contributed by atoms with Gasteiger partial charge in [0.05, 0.1) is 11.9 Å². The Balaban J connectivity index is 2.54. The minimum absolute atomic E-state index is 0.00911. The number of nitrogens with one attached hydrogen (secondary N) is 1. The lowest BCUT2D eigenvalue weighted by molar-refractivity contribution is -0.135. The molecule has 2 aromatic heterocycles. The van der Waals surface area contributed by atoms with Crippen LogP contribution in [-0.2, 0) is 22.5 Å². The predicted molar refractivity (Wildman–Crippen MR) is 109 cm³/mol. The average Bonchev–Trinajstić information content (AvgIpc) is 3.27. The fourth-order valence-electron chi connectivity index (χ4n) is 2.43. The smallest absolute Gasteiger partial charge is 0.352 e. The van der Waals surface area contributed by atoms with Gasteiger partial charge in [0.2, 0.25) is 0 Å². The van der Waals surface area contributed by atoms with E-state index in [9.17, 15) is 14.9 Å². The Morgan fingerprint density at radius 3 is 2.93 bits per heavy atom. The molecule has 0 aliphatic heterocycles. The first-order valence-electron chi connectivity index (χ1n) is 8.98. The van der Waals surface area contributed by atoms with E-state index in [1.807, 2.05) is 6.07 Å². The van der Waals surface area contributed by atoms with Crippen molar-refractivity contribution in [2.75, 3.05) is 6.61 Å². The van der Waals surface area contributed by atoms with Crippen molar-refractivity contribution in [2.24, 2.45) is 0 Å². The number of nitriles is 1. The van der Waals surface area contributed by atoms with Gasteiger partial charge >= 0.3 is 5.97 Å². The number of rotatable bonds is 8. The fourth-order valence-corrected chi connectivity index (χ4v) is 3.49. The van der Waals surface area contributed by atoms with E-state index >= 15 is 0 Å². The van der Waals surface area contributed by atoms with Crippen molar-refractivity contribution in [1.82, 2.24) is 14.5 Å². The van der Waals surface area contributed by atoms with Crippen molar-refractivity contribution in [3.05, 3.63) is 49.9 Å². The lowest BCUT2D eigenvalue weighted by atomic mass is 10.2. The number of carbonyl (C=O) groups excluding carboxylic acids is 1. The second-order valence-corrected chi connectivity index (χ2v) is 6.84. The summed E-state index contributed by atoms with van der Waals surface area (Å²) in [6, 6.07) is 1.84. The van der Waals surface area contributed by atoms with E-state index in [0.717, 1.165) is 42.1 Å². The molecular weight excluding hydrogens is 376 g/mol. The fraction of sp³-hybridized carbons (Fsp3) is 0.350. The number of unbranched alkanes of at least 4 members (excludes halogenated alkanes) is 1. The third-order valence-electron chi connectivity index (χ3n) is 3.84. The molecule has 0 saturated carbocycles. The summed E-state index contributed by atoms with van der Waals surface area (Å²) in [6.45, 7) is 7.66. The van der Waals surface area contributed by atoms with E-state index in [1.165, 1.54) is 10.6 Å². The maximum absolute atomic E-state index is 12.6. The van der Waals surface area contributed by atoms with Gasteiger partial charge in [0, 0.05) is 19.0 Å². The molecule has 0 saturated heterocycles. The number of nitrogens with zero attached hydrogens (tertiary/aromatic N) is 3. The Morgan fingerprint density at radius 1 is 1.50 bits per heavy atom. The highest BCUT2D eigenvalue weighted by atomic mass is 32.1. The average molecular weight is 398 g/mol. The molecule has 0 atom stereocenters. The van der Waals surface area contributed by atoms with Crippen LogP contribution in [0.15, 0.2) is 23.6 Å². The molecular formula is C20H22N4O3S. The first-order valence-corrected chi connectivity index (χ1v) is 9.79. The molecule has 0 aliphatic rings. The second-order valence-electron chi connectivity index (χ2n) is 5.84. The number of carbonyl (C=O) groups is 1. The molecule has 1 N–H and O–H groups in total. The predicted octanol–water partition coefficient (Wildman–Crippen LogP) is 1.49. The minimum atomic E-state index is -0.782. The van der Waals surface area contributed by atoms with Crippen molar-refractivity contribution in [1.29, 1.82) is 5.26 Å². The first kappa shape index (κ1) is 21.2. The number of aromatic amines is 1. The number of imidazole rings is 1. The largest absolute Gasteiger partial charge is 0.457 e. The van der Waals surface area contributed by atoms with Crippen LogP contribution in [0.1, 0.15) is 38.2 Å². The maximum atomic E-state index is 12.6. The van der Waals surface area contributed by atoms with Crippen LogP contribution < -0.4 is 14.8 Å². The number of aryl methyl sites for hydroxylation is 1. The maximum Gasteiger partial charge on any atom is 0.352 e. The molecule has 2 heterocycles. The number of hydrogen-bond donors (Lipinski definition) is 1. The van der Waals surface area contributed by atoms with Crippen LogP contribution in [0.5, 0.6) is 0 Å². The van der Waals surface area contributed by atoms with E-state index in [0.29, 0.717) is 11.1 Å². The van der Waals surface area contributed by atoms with Gasteiger partial charge in [-0.2, -0.15) is 5.26 Å². The minimum Gasteiger partial charge on any atom is -0.457 e. The van der Waals surface area contributed by atoms with Crippen molar-refractivity contribution < 1.29 is 9.53 Å². The van der Waals surface area contributed by atoms with Gasteiger partial charge in [-0.25, -0.2) is 9.78 Å². The van der Waals surface area contributed by atoms with E-state index in [4.69, 9.17) is 4.74 Å². The Morgan fingerprint density at radius 2 is 2.29 bits per heavy atom. The van der Waals surface area contributed by atoms with Gasteiger partial charge in [0.1, 0.15) is 27.7 Å². The third-order valence-corrected chi connectivity index (χ3v) is 4.95. The monoisotopic (exact) mass is 398 g/mol. The molecule has 0 unspecified atom stereocenters. The van der Waals surface area contributed by atoms with Gasteiger partial charge < -0.3 is 9.72 Å². The number of thiazole rings is 1. The first-order chi connectivity index (χ1) is 13.5. The quantitative estimate of drug-likeness (QED) is 0.536. The van der Waals surface area contributed by atoms with Crippen molar-refractivity contribution in [3.63, 3.8) is 0 Å². The summed E-state index contributed by atoms with van der Waals surface area (Å²) in [6.07, 6.45) is 7.73. The molecule has 0 spiro atoms. The summed E-state index contributed by atoms with van der Waals surface area (Å²) in [5.41, 5.74) is 3.17. The number of ether oxygens (including phenoxy) is 1. The van der Waals surface area contributed by atoms with Crippen molar-refractivity contribution in [2.45, 2.75) is 39.7 Å². The van der Waals surface area contributed by atoms with Crippen molar-refractivity contribution in [3.8, 4) is 6.07 Å². The Labute approximate surface area is 166 Å². The highest BCUT2D eigenvalue weighted by Crippen LogP contribution is 2.03. The number of aromatic nitrogens is 3. The highest BCUT2D eigenvalue weighted by molar-refractivity contribution is 7.07. The molecule has 28 heavy (non-hydrogen) atoms. The SMILES string of the molecule is C=CCOC(=O)/C(C#N)=c1\sc(=C=Cc2cnc(CCCC)[nH]2)c(=O)n1CC. The normalized spacial score (nSPS) is 11.3. The zero-order chi connectivity index (χ0) is 20.5. The van der Waals surface area contributed by atoms with Crippen LogP contribution in [0.25, 0.3) is 17.4 Å². The van der Waals surface area contributed by atoms with Gasteiger partial charge in [-0.05, 0) is 13.3 Å². The standard InChI is InChI=1S/C20H22N4O3S/c1-4-7-8-17-22-13-14(23-17)9-10-16-18(25)24(6-3)19(28-16)15(12-21)20(26)27-11-5-2/h5,9,13H,2,4,6-8,11H2,1,3H3,(H,22,23)/b19-15-. The third kappa shape index (κ3) is 4.97. The van der Waals surface area contributed by atoms with Gasteiger partial charge in [0.25, 0.3) is 5.56 Å².